The quantitative estimate of drug-likeness (QED) is 0.499. The second kappa shape index (κ2) is 10.4. The van der Waals surface area contributed by atoms with Gasteiger partial charge in [0.15, 0.2) is 5.11 Å². The molecular weight excluding hydrogens is 486 g/mol. The van der Waals surface area contributed by atoms with Crippen LogP contribution in [0.25, 0.3) is 10.8 Å². The molecule has 0 spiro atoms. The summed E-state index contributed by atoms with van der Waals surface area (Å²) in [7, 11) is -3.66. The fourth-order valence-electron chi connectivity index (χ4n) is 4.30. The maximum absolute atomic E-state index is 13.3. The van der Waals surface area contributed by atoms with Gasteiger partial charge in [-0.25, -0.2) is 8.42 Å². The molecule has 35 heavy (non-hydrogen) atoms. The lowest BCUT2D eigenvalue weighted by Crippen LogP contribution is -2.40. The van der Waals surface area contributed by atoms with Crippen LogP contribution in [-0.4, -0.2) is 75.4 Å². The number of morpholine rings is 2. The Labute approximate surface area is 210 Å². The van der Waals surface area contributed by atoms with Crippen molar-refractivity contribution in [1.29, 1.82) is 0 Å². The minimum Gasteiger partial charge on any atom is -0.379 e. The van der Waals surface area contributed by atoms with Crippen molar-refractivity contribution >= 4 is 55.2 Å². The number of thiocarbonyl (C=S) groups is 1. The highest BCUT2D eigenvalue weighted by Gasteiger charge is 2.28. The largest absolute Gasteiger partial charge is 0.379 e. The molecule has 0 saturated carbocycles. The summed E-state index contributed by atoms with van der Waals surface area (Å²) in [6.45, 7) is 4.11. The van der Waals surface area contributed by atoms with E-state index in [4.69, 9.17) is 21.7 Å². The van der Waals surface area contributed by atoms with Gasteiger partial charge >= 0.3 is 0 Å². The zero-order valence-electron chi connectivity index (χ0n) is 19.1. The van der Waals surface area contributed by atoms with Gasteiger partial charge < -0.3 is 25.0 Å². The van der Waals surface area contributed by atoms with Crippen molar-refractivity contribution in [1.82, 2.24) is 9.29 Å². The Kier molecular flexibility index (Phi) is 7.12. The van der Waals surface area contributed by atoms with Crippen LogP contribution < -0.4 is 15.5 Å². The van der Waals surface area contributed by atoms with E-state index in [1.807, 2.05) is 30.3 Å². The smallest absolute Gasteiger partial charge is 0.243 e. The van der Waals surface area contributed by atoms with E-state index in [1.54, 1.807) is 24.5 Å². The molecule has 0 amide bonds. The molecule has 11 heteroatoms. The predicted octanol–water partition coefficient (Wildman–Crippen LogP) is 2.90. The molecule has 0 radical (unpaired) electrons. The third kappa shape index (κ3) is 5.24. The lowest BCUT2D eigenvalue weighted by atomic mass is 10.1. The van der Waals surface area contributed by atoms with E-state index in [1.165, 1.54) is 4.31 Å². The van der Waals surface area contributed by atoms with Gasteiger partial charge in [0.1, 0.15) is 0 Å². The molecule has 184 valence electrons. The summed E-state index contributed by atoms with van der Waals surface area (Å²) in [5, 5.41) is 8.86. The lowest BCUT2D eigenvalue weighted by Gasteiger charge is -2.31. The highest BCUT2D eigenvalue weighted by atomic mass is 32.2. The average molecular weight is 514 g/mol. The first-order valence-electron chi connectivity index (χ1n) is 11.5. The van der Waals surface area contributed by atoms with Crippen LogP contribution >= 0.6 is 12.2 Å². The molecule has 3 aromatic rings. The van der Waals surface area contributed by atoms with E-state index in [2.05, 4.69) is 20.5 Å². The molecule has 0 aliphatic carbocycles. The number of fused-ring (bicyclic) bond motifs is 1. The standard InChI is InChI=1S/C24H27N5O4S2/c30-35(31,29-10-14-33-15-11-29)19-4-5-23(28-8-12-32-13-9-28)22(16-19)27-24(34)26-21-3-1-2-18-17-25-7-6-20(18)21/h1-7,16-17H,8-15H2,(H2,26,27,34). The van der Waals surface area contributed by atoms with E-state index < -0.39 is 10.0 Å². The number of rotatable bonds is 5. The second-order valence-electron chi connectivity index (χ2n) is 8.28. The molecule has 2 saturated heterocycles. The number of nitrogens with zero attached hydrogens (tertiary/aromatic N) is 3. The van der Waals surface area contributed by atoms with E-state index in [9.17, 15) is 8.42 Å². The number of anilines is 3. The van der Waals surface area contributed by atoms with Crippen LogP contribution in [0.2, 0.25) is 0 Å². The van der Waals surface area contributed by atoms with Crippen LogP contribution in [0.4, 0.5) is 17.1 Å². The average Bonchev–Trinajstić information content (AvgIpc) is 2.90. The summed E-state index contributed by atoms with van der Waals surface area (Å²) in [5.41, 5.74) is 2.34. The highest BCUT2D eigenvalue weighted by molar-refractivity contribution is 7.89. The van der Waals surface area contributed by atoms with Gasteiger partial charge in [-0.15, -0.1) is 0 Å². The molecular formula is C24H27N5O4S2. The molecule has 2 aliphatic rings. The van der Waals surface area contributed by atoms with Crippen molar-refractivity contribution in [3.63, 3.8) is 0 Å². The van der Waals surface area contributed by atoms with Crippen molar-refractivity contribution in [2.75, 3.05) is 68.1 Å². The van der Waals surface area contributed by atoms with Crippen molar-refractivity contribution < 1.29 is 17.9 Å². The van der Waals surface area contributed by atoms with Crippen molar-refractivity contribution in [2.45, 2.75) is 4.90 Å². The molecule has 1 aromatic heterocycles. The Balaban J connectivity index is 1.45. The molecule has 0 unspecified atom stereocenters. The Morgan fingerprint density at radius 2 is 1.63 bits per heavy atom. The summed E-state index contributed by atoms with van der Waals surface area (Å²) in [6, 6.07) is 13.0. The van der Waals surface area contributed by atoms with Crippen LogP contribution in [0.15, 0.2) is 59.8 Å². The molecule has 2 aliphatic heterocycles. The Bertz CT molecular complexity index is 1320. The molecule has 5 rings (SSSR count). The third-order valence-electron chi connectivity index (χ3n) is 6.10. The van der Waals surface area contributed by atoms with Crippen molar-refractivity contribution in [3.8, 4) is 0 Å². The zero-order valence-corrected chi connectivity index (χ0v) is 20.8. The van der Waals surface area contributed by atoms with E-state index >= 15 is 0 Å². The van der Waals surface area contributed by atoms with Crippen LogP contribution in [0.1, 0.15) is 0 Å². The molecule has 2 fully saturated rings. The van der Waals surface area contributed by atoms with E-state index in [0.717, 1.165) is 22.1 Å². The summed E-state index contributed by atoms with van der Waals surface area (Å²) < 4.78 is 38.9. The normalized spacial score (nSPS) is 17.3. The van der Waals surface area contributed by atoms with Gasteiger partial charge in [0.25, 0.3) is 0 Å². The summed E-state index contributed by atoms with van der Waals surface area (Å²) >= 11 is 5.65. The number of ether oxygens (including phenoxy) is 2. The molecule has 2 N–H and O–H groups in total. The van der Waals surface area contributed by atoms with Crippen molar-refractivity contribution in [3.05, 3.63) is 54.9 Å². The van der Waals surface area contributed by atoms with Crippen LogP contribution in [0, 0.1) is 0 Å². The first kappa shape index (κ1) is 23.9. The molecule has 9 nitrogen and oxygen atoms in total. The maximum atomic E-state index is 13.3. The zero-order chi connectivity index (χ0) is 24.3. The molecule has 0 bridgehead atoms. The molecule has 2 aromatic carbocycles. The Morgan fingerprint density at radius 1 is 0.914 bits per heavy atom. The fraction of sp³-hybridized carbons (Fsp3) is 0.333. The van der Waals surface area contributed by atoms with E-state index in [0.29, 0.717) is 63.4 Å². The molecule has 3 heterocycles. The summed E-state index contributed by atoms with van der Waals surface area (Å²) in [5.74, 6) is 0. The first-order chi connectivity index (χ1) is 17.0. The number of benzene rings is 2. The number of sulfonamides is 1. The minimum absolute atomic E-state index is 0.220. The minimum atomic E-state index is -3.66. The number of pyridine rings is 1. The topological polar surface area (TPSA) is 96.0 Å². The number of nitrogens with one attached hydrogen (secondary N) is 2. The third-order valence-corrected chi connectivity index (χ3v) is 8.20. The second-order valence-corrected chi connectivity index (χ2v) is 10.6. The van der Waals surface area contributed by atoms with E-state index in [-0.39, 0.29) is 4.90 Å². The SMILES string of the molecule is O=S(=O)(c1ccc(N2CCOCC2)c(NC(=S)Nc2cccc3cnccc23)c1)N1CCOCC1. The van der Waals surface area contributed by atoms with Crippen LogP contribution in [-0.2, 0) is 19.5 Å². The Morgan fingerprint density at radius 3 is 2.40 bits per heavy atom. The lowest BCUT2D eigenvalue weighted by molar-refractivity contribution is 0.0730. The maximum Gasteiger partial charge on any atom is 0.243 e. The van der Waals surface area contributed by atoms with Gasteiger partial charge in [-0.3, -0.25) is 4.98 Å². The van der Waals surface area contributed by atoms with Gasteiger partial charge in [-0.05, 0) is 42.5 Å². The van der Waals surface area contributed by atoms with Crippen LogP contribution in [0.5, 0.6) is 0 Å². The van der Waals surface area contributed by atoms with Gasteiger partial charge in [-0.1, -0.05) is 12.1 Å². The van der Waals surface area contributed by atoms with Crippen LogP contribution in [0.3, 0.4) is 0 Å². The number of hydrogen-bond donors (Lipinski definition) is 2. The number of aromatic nitrogens is 1. The summed E-state index contributed by atoms with van der Waals surface area (Å²) in [4.78, 5) is 6.56. The Hall–Kier alpha value is -2.83. The first-order valence-corrected chi connectivity index (χ1v) is 13.3. The monoisotopic (exact) mass is 513 g/mol. The van der Waals surface area contributed by atoms with Gasteiger partial charge in [0.2, 0.25) is 10.0 Å². The predicted molar refractivity (Wildman–Crippen MR) is 141 cm³/mol. The van der Waals surface area contributed by atoms with Gasteiger partial charge in [0, 0.05) is 55.0 Å². The van der Waals surface area contributed by atoms with Gasteiger partial charge in [-0.2, -0.15) is 4.31 Å². The van der Waals surface area contributed by atoms with Gasteiger partial charge in [0.05, 0.1) is 42.7 Å². The fourth-order valence-corrected chi connectivity index (χ4v) is 5.95. The number of hydrogen-bond acceptors (Lipinski definition) is 7. The molecule has 0 atom stereocenters. The van der Waals surface area contributed by atoms with Crippen molar-refractivity contribution in [2.24, 2.45) is 0 Å². The highest BCUT2D eigenvalue weighted by Crippen LogP contribution is 2.32. The summed E-state index contributed by atoms with van der Waals surface area (Å²) in [6.07, 6.45) is 3.54.